The first kappa shape index (κ1) is 31.1. The van der Waals surface area contributed by atoms with E-state index in [4.69, 9.17) is 10.4 Å². The Morgan fingerprint density at radius 2 is 1.82 bits per heavy atom. The number of β-amino-alcohol motifs (C(OH)–C–C–N with tert-alkyl or cyclic N) is 1. The molecule has 0 spiro atoms. The molecule has 1 aliphatic carbocycles. The number of carbonyl (C=O) groups is 2. The molecule has 2 aromatic rings. The van der Waals surface area contributed by atoms with Crippen molar-refractivity contribution in [2.75, 3.05) is 18.5 Å². The van der Waals surface area contributed by atoms with Gasteiger partial charge in [-0.25, -0.2) is 0 Å². The molecule has 4 rings (SSSR count). The Balaban J connectivity index is 0.000000371. The summed E-state index contributed by atoms with van der Waals surface area (Å²) in [6, 6.07) is 4.72. The zero-order valence-corrected chi connectivity index (χ0v) is 22.6. The van der Waals surface area contributed by atoms with E-state index in [1.54, 1.807) is 18.3 Å². The minimum Gasteiger partial charge on any atom is -0.391 e. The number of likely N-dealkylation sites (N-methyl/N-ethyl adjacent to an activating group) is 1. The molecule has 1 aliphatic heterocycles. The SMILES string of the molecule is CN(c1ccc(S(F)(F)(F)(F)F)cc1)C(C(=O)NC1CCCCC1)c1cccnc1.N#CN1CC(O)CC1C=O. The highest BCUT2D eigenvalue weighted by molar-refractivity contribution is 8.45. The standard InChI is InChI=1S/C20H24F5N3OS.C6H8N2O2/c1-28(17-9-11-18(12-10-17)30(21,22,23,24)25)19(15-6-5-13-26-14-15)20(29)27-16-7-3-2-4-8-16;7-4-8-2-6(10)1-5(8)3-9/h5-6,9-14,16,19H,2-4,7-8H2,1H3,(H,27,29);3,5-6,10H,1-2H2. The number of carbonyl (C=O) groups excluding carboxylic acids is 2. The second kappa shape index (κ2) is 11.6. The normalized spacial score (nSPS) is 22.0. The van der Waals surface area contributed by atoms with Gasteiger partial charge in [0.2, 0.25) is 5.91 Å². The van der Waals surface area contributed by atoms with E-state index >= 15 is 0 Å². The van der Waals surface area contributed by atoms with Crippen LogP contribution < -0.4 is 10.2 Å². The number of hydrogen-bond acceptors (Lipinski definition) is 7. The predicted octanol–water partition coefficient (Wildman–Crippen LogP) is 5.47. The zero-order valence-electron chi connectivity index (χ0n) is 21.8. The number of aldehydes is 1. The fourth-order valence-corrected chi connectivity index (χ4v) is 5.44. The van der Waals surface area contributed by atoms with Gasteiger partial charge in [-0.15, -0.1) is 0 Å². The number of benzene rings is 1. The Morgan fingerprint density at radius 1 is 1.18 bits per heavy atom. The highest BCUT2D eigenvalue weighted by Crippen LogP contribution is 3.02. The molecule has 1 saturated carbocycles. The zero-order chi connectivity index (χ0) is 29.6. The smallest absolute Gasteiger partial charge is 0.310 e. The fourth-order valence-electron chi connectivity index (χ4n) is 4.79. The molecule has 1 saturated heterocycles. The number of amides is 1. The van der Waals surface area contributed by atoms with Crippen LogP contribution in [0.5, 0.6) is 0 Å². The summed E-state index contributed by atoms with van der Waals surface area (Å²) in [5.74, 6) is -0.311. The summed E-state index contributed by atoms with van der Waals surface area (Å²) >= 11 is 0. The minimum absolute atomic E-state index is 0.0364. The summed E-state index contributed by atoms with van der Waals surface area (Å²) in [5.41, 5.74) is 0.748. The summed E-state index contributed by atoms with van der Waals surface area (Å²) < 4.78 is 65.0. The maximum absolute atomic E-state index is 13.1. The van der Waals surface area contributed by atoms with Crippen LogP contribution >= 0.6 is 10.2 Å². The molecule has 0 radical (unpaired) electrons. The monoisotopic (exact) mass is 589 g/mol. The quantitative estimate of drug-likeness (QED) is 0.251. The molecule has 2 aliphatic rings. The number of aliphatic hydroxyl groups is 1. The average Bonchev–Trinajstić information content (AvgIpc) is 3.29. The van der Waals surface area contributed by atoms with Gasteiger partial charge in [0.05, 0.1) is 18.7 Å². The lowest BCUT2D eigenvalue weighted by atomic mass is 9.95. The van der Waals surface area contributed by atoms with Crippen LogP contribution in [0.3, 0.4) is 0 Å². The molecule has 40 heavy (non-hydrogen) atoms. The van der Waals surface area contributed by atoms with Gasteiger partial charge in [0.25, 0.3) is 0 Å². The van der Waals surface area contributed by atoms with Crippen molar-refractivity contribution in [2.45, 2.75) is 67.6 Å². The van der Waals surface area contributed by atoms with Crippen LogP contribution in [0.25, 0.3) is 0 Å². The third-order valence-corrected chi connectivity index (χ3v) is 8.05. The molecule has 14 heteroatoms. The molecule has 2 fully saturated rings. The Morgan fingerprint density at radius 3 is 2.33 bits per heavy atom. The van der Waals surface area contributed by atoms with Gasteiger partial charge >= 0.3 is 10.2 Å². The fraction of sp³-hybridized carbons (Fsp3) is 0.462. The van der Waals surface area contributed by atoms with E-state index in [0.29, 0.717) is 36.9 Å². The van der Waals surface area contributed by atoms with Crippen LogP contribution in [0, 0.1) is 11.5 Å². The van der Waals surface area contributed by atoms with E-state index in [-0.39, 0.29) is 17.6 Å². The van der Waals surface area contributed by atoms with E-state index in [1.807, 2.05) is 6.19 Å². The predicted molar refractivity (Wildman–Crippen MR) is 141 cm³/mol. The van der Waals surface area contributed by atoms with Crippen molar-refractivity contribution in [1.82, 2.24) is 15.2 Å². The summed E-state index contributed by atoms with van der Waals surface area (Å²) in [6.45, 7) is 0.292. The van der Waals surface area contributed by atoms with Crippen LogP contribution in [0.2, 0.25) is 0 Å². The van der Waals surface area contributed by atoms with Crippen LogP contribution in [0.15, 0.2) is 53.7 Å². The summed E-state index contributed by atoms with van der Waals surface area (Å²) in [4.78, 5) is 28.1. The lowest BCUT2D eigenvalue weighted by Crippen LogP contribution is -2.44. The number of aromatic nitrogens is 1. The maximum atomic E-state index is 13.1. The van der Waals surface area contributed by atoms with E-state index in [2.05, 4.69) is 10.3 Å². The van der Waals surface area contributed by atoms with Gasteiger partial charge in [-0.05, 0) is 43.2 Å². The summed E-state index contributed by atoms with van der Waals surface area (Å²) in [5, 5.41) is 20.4. The number of pyridine rings is 1. The lowest BCUT2D eigenvalue weighted by Gasteiger charge is -2.40. The molecule has 1 aromatic heterocycles. The van der Waals surface area contributed by atoms with Crippen LogP contribution in [0.1, 0.15) is 50.1 Å². The Hall–Kier alpha value is -3.44. The number of aliphatic hydroxyl groups excluding tert-OH is 1. The van der Waals surface area contributed by atoms with Gasteiger partial charge in [-0.3, -0.25) is 14.7 Å². The lowest BCUT2D eigenvalue weighted by molar-refractivity contribution is -0.123. The molecular weight excluding hydrogens is 557 g/mol. The van der Waals surface area contributed by atoms with Crippen molar-refractivity contribution in [1.29, 1.82) is 5.26 Å². The van der Waals surface area contributed by atoms with Crippen LogP contribution in [-0.2, 0) is 9.59 Å². The number of nitrogens with one attached hydrogen (secondary N) is 1. The van der Waals surface area contributed by atoms with Crippen LogP contribution in [-0.4, -0.2) is 59.0 Å². The van der Waals surface area contributed by atoms with Crippen LogP contribution in [0.4, 0.5) is 25.1 Å². The molecule has 3 atom stereocenters. The molecule has 2 N–H and O–H groups in total. The summed E-state index contributed by atoms with van der Waals surface area (Å²) in [7, 11) is -8.22. The van der Waals surface area contributed by atoms with Gasteiger partial charge < -0.3 is 20.1 Å². The highest BCUT2D eigenvalue weighted by atomic mass is 32.5. The van der Waals surface area contributed by atoms with E-state index in [0.717, 1.165) is 44.2 Å². The highest BCUT2D eigenvalue weighted by Gasteiger charge is 2.65. The van der Waals surface area contributed by atoms with Crippen molar-refractivity contribution in [2.24, 2.45) is 0 Å². The van der Waals surface area contributed by atoms with E-state index in [9.17, 15) is 29.0 Å². The number of likely N-dealkylation sites (tertiary alicyclic amines) is 1. The Kier molecular flexibility index (Phi) is 9.00. The molecule has 8 nitrogen and oxygen atoms in total. The topological polar surface area (TPSA) is 110 Å². The van der Waals surface area contributed by atoms with Gasteiger partial charge in [0, 0.05) is 43.2 Å². The number of rotatable bonds is 7. The third-order valence-electron chi connectivity index (χ3n) is 6.88. The van der Waals surface area contributed by atoms with Gasteiger partial charge in [0.1, 0.15) is 17.2 Å². The number of nitriles is 1. The second-order valence-electron chi connectivity index (χ2n) is 9.95. The first-order chi connectivity index (χ1) is 18.6. The van der Waals surface area contributed by atoms with Gasteiger partial charge in [0.15, 0.2) is 6.19 Å². The van der Waals surface area contributed by atoms with Gasteiger partial charge in [-0.2, -0.15) is 5.26 Å². The van der Waals surface area contributed by atoms with E-state index < -0.39 is 33.3 Å². The van der Waals surface area contributed by atoms with Crippen molar-refractivity contribution in [3.8, 4) is 6.19 Å². The third kappa shape index (κ3) is 8.28. The first-order valence-corrected chi connectivity index (χ1v) is 14.6. The number of nitrogens with zero attached hydrogens (tertiary/aromatic N) is 4. The minimum atomic E-state index is -9.75. The van der Waals surface area contributed by atoms with E-state index in [1.165, 1.54) is 23.0 Å². The Bertz CT molecular complexity index is 1210. The molecule has 1 aromatic carbocycles. The molecule has 3 unspecified atom stereocenters. The molecular formula is C26H32F5N5O3S. The van der Waals surface area contributed by atoms with Crippen molar-refractivity contribution < 1.29 is 34.1 Å². The first-order valence-electron chi connectivity index (χ1n) is 12.7. The largest absolute Gasteiger partial charge is 0.391 e. The second-order valence-corrected chi connectivity index (χ2v) is 12.4. The Labute approximate surface area is 229 Å². The number of halogens is 5. The van der Waals surface area contributed by atoms with Crippen molar-refractivity contribution >= 4 is 28.1 Å². The van der Waals surface area contributed by atoms with Gasteiger partial charge in [-0.1, -0.05) is 44.8 Å². The maximum Gasteiger partial charge on any atom is 0.310 e. The summed E-state index contributed by atoms with van der Waals surface area (Å²) in [6.07, 6.45) is 10.4. The van der Waals surface area contributed by atoms with Crippen molar-refractivity contribution in [3.63, 3.8) is 0 Å². The molecule has 0 bridgehead atoms. The number of hydrogen-bond donors (Lipinski definition) is 2. The molecule has 1 amide bonds. The number of anilines is 1. The molecule has 2 heterocycles. The average molecular weight is 590 g/mol. The van der Waals surface area contributed by atoms with Crippen molar-refractivity contribution in [3.05, 3.63) is 54.4 Å². The molecule has 220 valence electrons.